The summed E-state index contributed by atoms with van der Waals surface area (Å²) in [5.74, 6) is 1.27. The fourth-order valence-electron chi connectivity index (χ4n) is 1.25. The fraction of sp³-hybridized carbons (Fsp3) is 0.333. The number of aromatic nitrogens is 5. The van der Waals surface area contributed by atoms with Gasteiger partial charge in [0.1, 0.15) is 28.8 Å². The van der Waals surface area contributed by atoms with Crippen LogP contribution in [0, 0.1) is 0 Å². The molecular weight excluding hydrogens is 302 g/mol. The minimum atomic E-state index is 0.329. The molecule has 18 heavy (non-hydrogen) atoms. The van der Waals surface area contributed by atoms with E-state index in [2.05, 4.69) is 41.3 Å². The number of hydrogen-bond donors (Lipinski definition) is 2. The maximum atomic E-state index is 5.80. The molecule has 0 fully saturated rings. The first-order valence-electron chi connectivity index (χ1n) is 5.13. The monoisotopic (exact) mass is 313 g/mol. The molecule has 0 spiro atoms. The van der Waals surface area contributed by atoms with Crippen LogP contribution in [0.5, 0.6) is 0 Å². The molecule has 0 saturated carbocycles. The first-order chi connectivity index (χ1) is 8.72. The van der Waals surface area contributed by atoms with Crippen molar-refractivity contribution in [2.75, 3.05) is 31.3 Å². The van der Waals surface area contributed by atoms with Crippen LogP contribution in [0.1, 0.15) is 0 Å². The van der Waals surface area contributed by atoms with Crippen molar-refractivity contribution in [1.82, 2.24) is 24.7 Å². The minimum absolute atomic E-state index is 0.329. The van der Waals surface area contributed by atoms with Gasteiger partial charge >= 0.3 is 0 Å². The van der Waals surface area contributed by atoms with Gasteiger partial charge in [0.05, 0.1) is 6.61 Å². The number of anilines is 2. The number of nitrogens with zero attached hydrogens (tertiary/aromatic N) is 5. The van der Waals surface area contributed by atoms with Crippen molar-refractivity contribution in [2.24, 2.45) is 0 Å². The van der Waals surface area contributed by atoms with Gasteiger partial charge in [0.2, 0.25) is 0 Å². The zero-order chi connectivity index (χ0) is 13.0. The number of nitrogens with one attached hydrogen (secondary N) is 1. The highest BCUT2D eigenvalue weighted by Gasteiger charge is 2.11. The SMILES string of the molecule is COCCNc1nc(-n2cncn2)nc(N)c1Br. The van der Waals surface area contributed by atoms with Crippen molar-refractivity contribution in [1.29, 1.82) is 0 Å². The standard InChI is InChI=1S/C9H12BrN7O/c1-18-3-2-13-8-6(10)7(11)15-9(16-8)17-5-12-4-14-17/h4-5H,2-3H2,1H3,(H3,11,13,15,16). The summed E-state index contributed by atoms with van der Waals surface area (Å²) in [5.41, 5.74) is 5.80. The van der Waals surface area contributed by atoms with Crippen LogP contribution in [0.15, 0.2) is 17.1 Å². The van der Waals surface area contributed by atoms with E-state index < -0.39 is 0 Å². The first-order valence-corrected chi connectivity index (χ1v) is 5.92. The highest BCUT2D eigenvalue weighted by molar-refractivity contribution is 9.10. The van der Waals surface area contributed by atoms with Crippen molar-refractivity contribution in [2.45, 2.75) is 0 Å². The second-order valence-corrected chi connectivity index (χ2v) is 4.12. The van der Waals surface area contributed by atoms with Crippen LogP contribution in [-0.2, 0) is 4.74 Å². The Hall–Kier alpha value is -1.74. The summed E-state index contributed by atoms with van der Waals surface area (Å²) >= 11 is 3.33. The van der Waals surface area contributed by atoms with Crippen molar-refractivity contribution in [3.8, 4) is 5.95 Å². The molecule has 0 aliphatic heterocycles. The third kappa shape index (κ3) is 2.74. The Balaban J connectivity index is 2.28. The molecule has 2 heterocycles. The summed E-state index contributed by atoms with van der Waals surface area (Å²) in [6.07, 6.45) is 2.90. The maximum absolute atomic E-state index is 5.80. The number of ether oxygens (including phenoxy) is 1. The summed E-state index contributed by atoms with van der Waals surface area (Å²) in [6.45, 7) is 1.18. The van der Waals surface area contributed by atoms with Crippen LogP contribution >= 0.6 is 15.9 Å². The molecule has 2 aromatic heterocycles. The van der Waals surface area contributed by atoms with E-state index in [9.17, 15) is 0 Å². The molecule has 0 aliphatic rings. The van der Waals surface area contributed by atoms with E-state index in [1.165, 1.54) is 17.3 Å². The van der Waals surface area contributed by atoms with Gasteiger partial charge in [-0.15, -0.1) is 0 Å². The fourth-order valence-corrected chi connectivity index (χ4v) is 1.57. The van der Waals surface area contributed by atoms with E-state index in [4.69, 9.17) is 10.5 Å². The van der Waals surface area contributed by atoms with Crippen LogP contribution in [0.4, 0.5) is 11.6 Å². The van der Waals surface area contributed by atoms with E-state index in [1.807, 2.05) is 0 Å². The molecule has 0 atom stereocenters. The average Bonchev–Trinajstić information content (AvgIpc) is 2.88. The van der Waals surface area contributed by atoms with E-state index in [1.54, 1.807) is 7.11 Å². The Morgan fingerprint density at radius 1 is 1.50 bits per heavy atom. The zero-order valence-electron chi connectivity index (χ0n) is 9.67. The number of nitrogens with two attached hydrogens (primary N) is 1. The van der Waals surface area contributed by atoms with Gasteiger partial charge in [-0.2, -0.15) is 19.7 Å². The molecule has 2 aromatic rings. The Morgan fingerprint density at radius 2 is 2.33 bits per heavy atom. The number of rotatable bonds is 5. The smallest absolute Gasteiger partial charge is 0.256 e. The van der Waals surface area contributed by atoms with Crippen LogP contribution in [0.3, 0.4) is 0 Å². The van der Waals surface area contributed by atoms with Crippen LogP contribution < -0.4 is 11.1 Å². The lowest BCUT2D eigenvalue weighted by Gasteiger charge is -2.10. The van der Waals surface area contributed by atoms with E-state index in [-0.39, 0.29) is 0 Å². The van der Waals surface area contributed by atoms with E-state index in [0.717, 1.165) is 0 Å². The molecular formula is C9H12BrN7O. The molecule has 9 heteroatoms. The molecule has 8 nitrogen and oxygen atoms in total. The second kappa shape index (κ2) is 5.74. The average molecular weight is 314 g/mol. The second-order valence-electron chi connectivity index (χ2n) is 3.33. The lowest BCUT2D eigenvalue weighted by molar-refractivity contribution is 0.210. The highest BCUT2D eigenvalue weighted by atomic mass is 79.9. The summed E-state index contributed by atoms with van der Waals surface area (Å²) < 4.78 is 7.00. The third-order valence-electron chi connectivity index (χ3n) is 2.09. The largest absolute Gasteiger partial charge is 0.383 e. The molecule has 0 aromatic carbocycles. The Bertz CT molecular complexity index is 516. The van der Waals surface area contributed by atoms with Gasteiger partial charge in [0.25, 0.3) is 5.95 Å². The quantitative estimate of drug-likeness (QED) is 0.773. The van der Waals surface area contributed by atoms with Gasteiger partial charge in [0.15, 0.2) is 0 Å². The summed E-state index contributed by atoms with van der Waals surface area (Å²) in [4.78, 5) is 12.3. The molecule has 2 rings (SSSR count). The van der Waals surface area contributed by atoms with Crippen molar-refractivity contribution >= 4 is 27.6 Å². The van der Waals surface area contributed by atoms with E-state index >= 15 is 0 Å². The molecule has 96 valence electrons. The highest BCUT2D eigenvalue weighted by Crippen LogP contribution is 2.25. The Labute approximate surface area is 112 Å². The van der Waals surface area contributed by atoms with Crippen LogP contribution in [0.2, 0.25) is 0 Å². The maximum Gasteiger partial charge on any atom is 0.256 e. The van der Waals surface area contributed by atoms with Crippen molar-refractivity contribution in [3.63, 3.8) is 0 Å². The van der Waals surface area contributed by atoms with E-state index in [0.29, 0.717) is 35.2 Å². The van der Waals surface area contributed by atoms with Gasteiger partial charge in [-0.1, -0.05) is 0 Å². The lowest BCUT2D eigenvalue weighted by Crippen LogP contribution is -2.13. The van der Waals surface area contributed by atoms with Gasteiger partial charge in [0, 0.05) is 13.7 Å². The lowest BCUT2D eigenvalue weighted by atomic mass is 10.5. The summed E-state index contributed by atoms with van der Waals surface area (Å²) in [7, 11) is 1.63. The van der Waals surface area contributed by atoms with Crippen molar-refractivity contribution < 1.29 is 4.74 Å². The van der Waals surface area contributed by atoms with Gasteiger partial charge < -0.3 is 15.8 Å². The van der Waals surface area contributed by atoms with Gasteiger partial charge in [-0.3, -0.25) is 0 Å². The van der Waals surface area contributed by atoms with Gasteiger partial charge in [-0.05, 0) is 15.9 Å². The molecule has 3 N–H and O–H groups in total. The van der Waals surface area contributed by atoms with Crippen molar-refractivity contribution in [3.05, 3.63) is 17.1 Å². The predicted molar refractivity (Wildman–Crippen MR) is 69.4 cm³/mol. The van der Waals surface area contributed by atoms with Crippen LogP contribution in [-0.4, -0.2) is 45.0 Å². The molecule has 0 bridgehead atoms. The number of halogens is 1. The number of nitrogen functional groups attached to an aromatic ring is 1. The number of hydrogen-bond acceptors (Lipinski definition) is 7. The van der Waals surface area contributed by atoms with Crippen LogP contribution in [0.25, 0.3) is 5.95 Å². The van der Waals surface area contributed by atoms with Gasteiger partial charge in [-0.25, -0.2) is 4.98 Å². The molecule has 0 amide bonds. The molecule has 0 saturated heterocycles. The number of methoxy groups -OCH3 is 1. The molecule has 0 aliphatic carbocycles. The molecule has 0 radical (unpaired) electrons. The zero-order valence-corrected chi connectivity index (χ0v) is 11.3. The first kappa shape index (κ1) is 12.7. The molecule has 0 unspecified atom stereocenters. The summed E-state index contributed by atoms with van der Waals surface area (Å²) in [6, 6.07) is 0. The topological polar surface area (TPSA) is 104 Å². The summed E-state index contributed by atoms with van der Waals surface area (Å²) in [5, 5.41) is 7.04. The third-order valence-corrected chi connectivity index (χ3v) is 2.87. The normalized spacial score (nSPS) is 10.6. The Morgan fingerprint density at radius 3 is 3.00 bits per heavy atom. The Kier molecular flexibility index (Phi) is 4.05. The minimum Gasteiger partial charge on any atom is -0.383 e. The predicted octanol–water partition coefficient (Wildman–Crippen LogP) is 0.460.